The number of aryl methyl sites for hydroxylation is 2. The summed E-state index contributed by atoms with van der Waals surface area (Å²) < 4.78 is 5.54. The molecule has 1 saturated heterocycles. The van der Waals surface area contributed by atoms with Crippen LogP contribution in [0.3, 0.4) is 0 Å². The first-order valence-electron chi connectivity index (χ1n) is 10.1. The number of rotatable bonds is 5. The Morgan fingerprint density at radius 3 is 2.76 bits per heavy atom. The maximum atomic E-state index is 13.5. The van der Waals surface area contributed by atoms with Gasteiger partial charge in [-0.2, -0.15) is 0 Å². The van der Waals surface area contributed by atoms with E-state index < -0.39 is 0 Å². The van der Waals surface area contributed by atoms with E-state index in [0.717, 1.165) is 42.3 Å². The number of furan rings is 1. The van der Waals surface area contributed by atoms with Gasteiger partial charge in [-0.15, -0.1) is 11.3 Å². The molecule has 6 heteroatoms. The Kier molecular flexibility index (Phi) is 5.83. The molecule has 0 aliphatic carbocycles. The third-order valence-corrected chi connectivity index (χ3v) is 6.51. The monoisotopic (exact) mass is 409 g/mol. The summed E-state index contributed by atoms with van der Waals surface area (Å²) in [6, 6.07) is 10.3. The Balaban J connectivity index is 1.59. The minimum Gasteiger partial charge on any atom is -0.467 e. The van der Waals surface area contributed by atoms with Gasteiger partial charge < -0.3 is 14.2 Å². The van der Waals surface area contributed by atoms with Gasteiger partial charge in [-0.1, -0.05) is 23.8 Å². The normalized spacial score (nSPS) is 15.6. The fourth-order valence-corrected chi connectivity index (χ4v) is 4.82. The van der Waals surface area contributed by atoms with Gasteiger partial charge >= 0.3 is 0 Å². The van der Waals surface area contributed by atoms with Crippen LogP contribution in [0.5, 0.6) is 0 Å². The summed E-state index contributed by atoms with van der Waals surface area (Å²) in [4.78, 5) is 22.4. The fourth-order valence-electron chi connectivity index (χ4n) is 3.94. The average molecular weight is 410 g/mol. The fraction of sp³-hybridized carbons (Fsp3) is 0.391. The predicted octanol–water partition coefficient (Wildman–Crippen LogP) is 4.76. The Labute approximate surface area is 176 Å². The Morgan fingerprint density at radius 2 is 2.07 bits per heavy atom. The molecule has 0 radical (unpaired) electrons. The van der Waals surface area contributed by atoms with Crippen LogP contribution in [0.15, 0.2) is 46.4 Å². The first kappa shape index (κ1) is 19.9. The molecule has 0 saturated carbocycles. The Morgan fingerprint density at radius 1 is 1.28 bits per heavy atom. The number of carbonyl (C=O) groups is 1. The molecule has 1 aliphatic rings. The summed E-state index contributed by atoms with van der Waals surface area (Å²) in [5.74, 6) is 0.797. The van der Waals surface area contributed by atoms with Crippen LogP contribution in [-0.4, -0.2) is 46.9 Å². The van der Waals surface area contributed by atoms with Gasteiger partial charge in [0.05, 0.1) is 12.8 Å². The van der Waals surface area contributed by atoms with Gasteiger partial charge in [0, 0.05) is 17.0 Å². The molecule has 4 rings (SSSR count). The molecule has 0 N–H and O–H groups in total. The van der Waals surface area contributed by atoms with Crippen LogP contribution < -0.4 is 0 Å². The zero-order valence-electron chi connectivity index (χ0n) is 17.2. The molecule has 5 nitrogen and oxygen atoms in total. The number of thiazole rings is 1. The molecule has 2 aromatic heterocycles. The van der Waals surface area contributed by atoms with Crippen LogP contribution >= 0.6 is 11.3 Å². The van der Waals surface area contributed by atoms with Crippen molar-refractivity contribution in [2.45, 2.75) is 39.3 Å². The number of nitrogens with zero attached hydrogens (tertiary/aromatic N) is 3. The van der Waals surface area contributed by atoms with Crippen molar-refractivity contribution in [3.8, 4) is 10.6 Å². The molecule has 0 bridgehead atoms. The van der Waals surface area contributed by atoms with Gasteiger partial charge in [0.1, 0.15) is 16.5 Å². The first-order chi connectivity index (χ1) is 14.0. The predicted molar refractivity (Wildman–Crippen MR) is 116 cm³/mol. The van der Waals surface area contributed by atoms with Crippen LogP contribution in [0.25, 0.3) is 10.6 Å². The van der Waals surface area contributed by atoms with Gasteiger partial charge in [0.15, 0.2) is 0 Å². The van der Waals surface area contributed by atoms with Crippen molar-refractivity contribution in [3.63, 3.8) is 0 Å². The van der Waals surface area contributed by atoms with Crippen LogP contribution in [0, 0.1) is 13.8 Å². The lowest BCUT2D eigenvalue weighted by molar-refractivity contribution is 0.0545. The van der Waals surface area contributed by atoms with E-state index in [0.29, 0.717) is 12.2 Å². The highest BCUT2D eigenvalue weighted by Gasteiger charge is 2.30. The Hall–Kier alpha value is -2.44. The quantitative estimate of drug-likeness (QED) is 0.610. The van der Waals surface area contributed by atoms with Gasteiger partial charge in [-0.05, 0) is 64.5 Å². The zero-order valence-corrected chi connectivity index (χ0v) is 18.0. The van der Waals surface area contributed by atoms with E-state index in [9.17, 15) is 4.79 Å². The van der Waals surface area contributed by atoms with Crippen molar-refractivity contribution in [2.75, 3.05) is 20.1 Å². The molecule has 1 aromatic carbocycles. The molecule has 3 heterocycles. The lowest BCUT2D eigenvalue weighted by atomic mass is 10.0. The summed E-state index contributed by atoms with van der Waals surface area (Å²) in [6.07, 6.45) is 3.60. The number of hydrogen-bond acceptors (Lipinski definition) is 5. The van der Waals surface area contributed by atoms with E-state index in [2.05, 4.69) is 44.0 Å². The lowest BCUT2D eigenvalue weighted by Gasteiger charge is -2.36. The van der Waals surface area contributed by atoms with Gasteiger partial charge in [-0.3, -0.25) is 4.79 Å². The van der Waals surface area contributed by atoms with Crippen LogP contribution in [-0.2, 0) is 6.54 Å². The van der Waals surface area contributed by atoms with Gasteiger partial charge in [0.2, 0.25) is 0 Å². The average Bonchev–Trinajstić information content (AvgIpc) is 3.39. The highest BCUT2D eigenvalue weighted by molar-refractivity contribution is 7.13. The molecule has 152 valence electrons. The second-order valence-electron chi connectivity index (χ2n) is 7.90. The largest absolute Gasteiger partial charge is 0.467 e. The van der Waals surface area contributed by atoms with Crippen molar-refractivity contribution in [3.05, 3.63) is 64.6 Å². The highest BCUT2D eigenvalue weighted by Crippen LogP contribution is 2.29. The van der Waals surface area contributed by atoms with Crippen molar-refractivity contribution >= 4 is 17.2 Å². The second kappa shape index (κ2) is 8.51. The van der Waals surface area contributed by atoms with E-state index in [1.807, 2.05) is 22.4 Å². The summed E-state index contributed by atoms with van der Waals surface area (Å²) in [5.41, 5.74) is 4.03. The van der Waals surface area contributed by atoms with E-state index in [4.69, 9.17) is 9.40 Å². The number of benzene rings is 1. The summed E-state index contributed by atoms with van der Waals surface area (Å²) in [7, 11) is 2.13. The summed E-state index contributed by atoms with van der Waals surface area (Å²) in [6.45, 7) is 6.65. The number of amides is 1. The Bertz CT molecular complexity index is 972. The minimum atomic E-state index is -0.0109. The SMILES string of the molecule is Cc1ccc(-c2nc(C(=O)N(Cc3ccco3)C3CCN(C)CC3)cs2)c(C)c1. The number of piperidine rings is 1. The van der Waals surface area contributed by atoms with Crippen LogP contribution in [0.4, 0.5) is 0 Å². The topological polar surface area (TPSA) is 49.6 Å². The van der Waals surface area contributed by atoms with Gasteiger partial charge in [0.25, 0.3) is 5.91 Å². The highest BCUT2D eigenvalue weighted by atomic mass is 32.1. The molecular weight excluding hydrogens is 382 g/mol. The number of likely N-dealkylation sites (tertiary alicyclic amines) is 1. The number of hydrogen-bond donors (Lipinski definition) is 0. The van der Waals surface area contributed by atoms with E-state index >= 15 is 0 Å². The van der Waals surface area contributed by atoms with E-state index in [1.54, 1.807) is 6.26 Å². The molecule has 1 fully saturated rings. The minimum absolute atomic E-state index is 0.0109. The van der Waals surface area contributed by atoms with Crippen molar-refractivity contribution in [1.82, 2.24) is 14.8 Å². The van der Waals surface area contributed by atoms with Crippen molar-refractivity contribution in [2.24, 2.45) is 0 Å². The van der Waals surface area contributed by atoms with Crippen molar-refractivity contribution < 1.29 is 9.21 Å². The molecule has 3 aromatic rings. The van der Waals surface area contributed by atoms with Crippen molar-refractivity contribution in [1.29, 1.82) is 0 Å². The first-order valence-corrected chi connectivity index (χ1v) is 10.9. The van der Waals surface area contributed by atoms with Crippen LogP contribution in [0.2, 0.25) is 0 Å². The smallest absolute Gasteiger partial charge is 0.274 e. The molecular formula is C23H27N3O2S. The number of carbonyl (C=O) groups excluding carboxylic acids is 1. The standard InChI is InChI=1S/C23H27N3O2S/c1-16-6-7-20(17(2)13-16)22-24-21(15-29-22)23(27)26(14-19-5-4-12-28-19)18-8-10-25(3)11-9-18/h4-7,12-13,15,18H,8-11,14H2,1-3H3. The summed E-state index contributed by atoms with van der Waals surface area (Å²) >= 11 is 1.53. The molecule has 0 atom stereocenters. The molecule has 0 unspecified atom stereocenters. The number of aromatic nitrogens is 1. The molecule has 1 aliphatic heterocycles. The molecule has 1 amide bonds. The third-order valence-electron chi connectivity index (χ3n) is 5.63. The maximum absolute atomic E-state index is 13.5. The zero-order chi connectivity index (χ0) is 20.4. The van der Waals surface area contributed by atoms with Gasteiger partial charge in [-0.25, -0.2) is 4.98 Å². The second-order valence-corrected chi connectivity index (χ2v) is 8.76. The molecule has 29 heavy (non-hydrogen) atoms. The third kappa shape index (κ3) is 4.43. The van der Waals surface area contributed by atoms with E-state index in [1.165, 1.54) is 22.5 Å². The summed E-state index contributed by atoms with van der Waals surface area (Å²) in [5, 5.41) is 2.79. The lowest BCUT2D eigenvalue weighted by Crippen LogP contribution is -2.46. The maximum Gasteiger partial charge on any atom is 0.274 e. The van der Waals surface area contributed by atoms with E-state index in [-0.39, 0.29) is 11.9 Å². The molecule has 0 spiro atoms. The van der Waals surface area contributed by atoms with Crippen LogP contribution in [0.1, 0.15) is 40.2 Å².